The quantitative estimate of drug-likeness (QED) is 0.603. The average Bonchev–Trinajstić information content (AvgIpc) is 3.05. The number of ether oxygens (including phenoxy) is 2. The summed E-state index contributed by atoms with van der Waals surface area (Å²) in [7, 11) is 0. The fraction of sp³-hybridized carbons (Fsp3) is 0.375. The molecule has 7 heteroatoms. The Morgan fingerprint density at radius 2 is 2.30 bits per heavy atom. The van der Waals surface area contributed by atoms with Crippen molar-refractivity contribution in [1.82, 2.24) is 5.32 Å². The van der Waals surface area contributed by atoms with Crippen molar-refractivity contribution in [2.24, 2.45) is 0 Å². The van der Waals surface area contributed by atoms with Crippen LogP contribution in [0.4, 0.5) is 4.39 Å². The molecule has 1 aliphatic heterocycles. The fourth-order valence-corrected chi connectivity index (χ4v) is 2.45. The van der Waals surface area contributed by atoms with Crippen molar-refractivity contribution in [3.8, 4) is 0 Å². The van der Waals surface area contributed by atoms with Crippen LogP contribution in [0.3, 0.4) is 0 Å². The third-order valence-corrected chi connectivity index (χ3v) is 3.75. The highest BCUT2D eigenvalue weighted by atomic mass is 79.9. The van der Waals surface area contributed by atoms with E-state index in [0.29, 0.717) is 17.6 Å². The number of amides is 1. The van der Waals surface area contributed by atoms with Gasteiger partial charge in [-0.05, 0) is 37.1 Å². The molecule has 0 radical (unpaired) electrons. The number of halogens is 2. The largest absolute Gasteiger partial charge is 0.452 e. The summed E-state index contributed by atoms with van der Waals surface area (Å²) in [6.45, 7) is 0.749. The lowest BCUT2D eigenvalue weighted by Gasteiger charge is -2.10. The minimum atomic E-state index is -0.711. The van der Waals surface area contributed by atoms with E-state index in [-0.39, 0.29) is 18.3 Å². The summed E-state index contributed by atoms with van der Waals surface area (Å²) < 4.78 is 24.3. The van der Waals surface area contributed by atoms with Gasteiger partial charge in [0.1, 0.15) is 5.82 Å². The van der Waals surface area contributed by atoms with E-state index in [1.807, 2.05) is 0 Å². The highest BCUT2D eigenvalue weighted by Crippen LogP contribution is 2.16. The summed E-state index contributed by atoms with van der Waals surface area (Å²) in [5.41, 5.74) is 0.249. The first kappa shape index (κ1) is 17.6. The molecule has 1 aromatic carbocycles. The Morgan fingerprint density at radius 1 is 1.48 bits per heavy atom. The van der Waals surface area contributed by atoms with Gasteiger partial charge < -0.3 is 14.8 Å². The first-order valence-electron chi connectivity index (χ1n) is 7.23. The number of hydrogen-bond acceptors (Lipinski definition) is 4. The molecule has 1 amide bonds. The molecule has 0 unspecified atom stereocenters. The van der Waals surface area contributed by atoms with Crippen LogP contribution in [0.25, 0.3) is 6.08 Å². The third-order valence-electron chi connectivity index (χ3n) is 3.25. The van der Waals surface area contributed by atoms with E-state index in [2.05, 4.69) is 21.2 Å². The monoisotopic (exact) mass is 385 g/mol. The minimum Gasteiger partial charge on any atom is -0.452 e. The van der Waals surface area contributed by atoms with Crippen LogP contribution >= 0.6 is 15.9 Å². The highest BCUT2D eigenvalue weighted by Gasteiger charge is 2.16. The summed E-state index contributed by atoms with van der Waals surface area (Å²) >= 11 is 3.22. The molecular formula is C16H17BrFNO4. The summed E-state index contributed by atoms with van der Waals surface area (Å²) in [5, 5.41) is 2.64. The minimum absolute atomic E-state index is 0.0362. The first-order chi connectivity index (χ1) is 11.0. The van der Waals surface area contributed by atoms with Crippen LogP contribution in [0.1, 0.15) is 18.4 Å². The van der Waals surface area contributed by atoms with Gasteiger partial charge in [-0.25, -0.2) is 9.18 Å². The van der Waals surface area contributed by atoms with Gasteiger partial charge in [0.05, 0.1) is 6.10 Å². The van der Waals surface area contributed by atoms with Gasteiger partial charge in [-0.1, -0.05) is 15.9 Å². The molecule has 23 heavy (non-hydrogen) atoms. The molecule has 1 aromatic rings. The Kier molecular flexibility index (Phi) is 6.73. The van der Waals surface area contributed by atoms with Crippen LogP contribution in [-0.2, 0) is 19.1 Å². The van der Waals surface area contributed by atoms with Crippen LogP contribution in [-0.4, -0.2) is 37.7 Å². The van der Waals surface area contributed by atoms with Gasteiger partial charge in [0, 0.05) is 29.3 Å². The van der Waals surface area contributed by atoms with E-state index in [0.717, 1.165) is 18.9 Å². The van der Waals surface area contributed by atoms with Crippen molar-refractivity contribution in [1.29, 1.82) is 0 Å². The second-order valence-electron chi connectivity index (χ2n) is 5.05. The fourth-order valence-electron chi connectivity index (χ4n) is 2.07. The average molecular weight is 386 g/mol. The summed E-state index contributed by atoms with van der Waals surface area (Å²) in [6.07, 6.45) is 4.33. The molecule has 0 bridgehead atoms. The molecule has 2 rings (SSSR count). The molecule has 1 aliphatic rings. The molecule has 0 aromatic heterocycles. The molecule has 1 fully saturated rings. The van der Waals surface area contributed by atoms with E-state index < -0.39 is 17.7 Å². The lowest BCUT2D eigenvalue weighted by Crippen LogP contribution is -2.34. The number of rotatable bonds is 6. The van der Waals surface area contributed by atoms with E-state index in [1.165, 1.54) is 18.2 Å². The Balaban J connectivity index is 1.72. The number of carbonyl (C=O) groups excluding carboxylic acids is 2. The van der Waals surface area contributed by atoms with E-state index >= 15 is 0 Å². The number of esters is 1. The normalized spacial score (nSPS) is 17.4. The van der Waals surface area contributed by atoms with Crippen molar-refractivity contribution < 1.29 is 23.5 Å². The Labute approximate surface area is 142 Å². The maximum Gasteiger partial charge on any atom is 0.331 e. The van der Waals surface area contributed by atoms with Crippen molar-refractivity contribution in [3.63, 3.8) is 0 Å². The predicted molar refractivity (Wildman–Crippen MR) is 86.1 cm³/mol. The van der Waals surface area contributed by atoms with Gasteiger partial charge in [-0.2, -0.15) is 0 Å². The van der Waals surface area contributed by atoms with Gasteiger partial charge in [0.15, 0.2) is 6.61 Å². The number of benzene rings is 1. The zero-order valence-electron chi connectivity index (χ0n) is 12.4. The van der Waals surface area contributed by atoms with E-state index in [9.17, 15) is 14.0 Å². The van der Waals surface area contributed by atoms with Crippen molar-refractivity contribution >= 4 is 33.9 Å². The number of carbonyl (C=O) groups is 2. The van der Waals surface area contributed by atoms with Gasteiger partial charge in [-0.3, -0.25) is 4.79 Å². The van der Waals surface area contributed by atoms with Crippen LogP contribution in [0, 0.1) is 5.82 Å². The second-order valence-corrected chi connectivity index (χ2v) is 5.96. The molecule has 1 atom stereocenters. The molecule has 0 saturated carbocycles. The van der Waals surface area contributed by atoms with Crippen LogP contribution < -0.4 is 5.32 Å². The first-order valence-corrected chi connectivity index (χ1v) is 8.02. The topological polar surface area (TPSA) is 64.6 Å². The van der Waals surface area contributed by atoms with E-state index in [1.54, 1.807) is 6.07 Å². The Morgan fingerprint density at radius 3 is 3.04 bits per heavy atom. The number of nitrogens with one attached hydrogen (secondary N) is 1. The molecular weight excluding hydrogens is 369 g/mol. The maximum absolute atomic E-state index is 13.5. The van der Waals surface area contributed by atoms with Gasteiger partial charge >= 0.3 is 5.97 Å². The summed E-state index contributed by atoms with van der Waals surface area (Å²) in [6, 6.07) is 4.38. The molecule has 0 aliphatic carbocycles. The smallest absolute Gasteiger partial charge is 0.331 e. The second kappa shape index (κ2) is 8.79. The zero-order chi connectivity index (χ0) is 16.7. The maximum atomic E-state index is 13.5. The van der Waals surface area contributed by atoms with Gasteiger partial charge in [0.25, 0.3) is 5.91 Å². The molecule has 1 heterocycles. The predicted octanol–water partition coefficient (Wildman–Crippen LogP) is 2.44. The highest BCUT2D eigenvalue weighted by molar-refractivity contribution is 9.10. The molecule has 1 saturated heterocycles. The standard InChI is InChI=1S/C16H17BrFNO4/c17-12-4-5-14(18)11(8-12)3-6-16(21)23-10-15(20)19-9-13-2-1-7-22-13/h3-6,8,13H,1-2,7,9-10H2,(H,19,20)/b6-3-/t13-/m1/s1. The number of hydrogen-bond donors (Lipinski definition) is 1. The van der Waals surface area contributed by atoms with Crippen LogP contribution in [0.5, 0.6) is 0 Å². The molecule has 5 nitrogen and oxygen atoms in total. The van der Waals surface area contributed by atoms with Crippen molar-refractivity contribution in [3.05, 3.63) is 40.1 Å². The lowest BCUT2D eigenvalue weighted by molar-refractivity contribution is -0.143. The Bertz CT molecular complexity index is 600. The van der Waals surface area contributed by atoms with Gasteiger partial charge in [0.2, 0.25) is 0 Å². The zero-order valence-corrected chi connectivity index (χ0v) is 14.0. The third kappa shape index (κ3) is 6.11. The van der Waals surface area contributed by atoms with Crippen molar-refractivity contribution in [2.75, 3.05) is 19.8 Å². The van der Waals surface area contributed by atoms with E-state index in [4.69, 9.17) is 9.47 Å². The van der Waals surface area contributed by atoms with Crippen molar-refractivity contribution in [2.45, 2.75) is 18.9 Å². The Hall–Kier alpha value is -1.73. The SMILES string of the molecule is O=C(COC(=O)/C=C\c1cc(Br)ccc1F)NC[C@H]1CCCO1. The lowest BCUT2D eigenvalue weighted by atomic mass is 10.2. The molecule has 124 valence electrons. The molecule has 1 N–H and O–H groups in total. The van der Waals surface area contributed by atoms with Crippen LogP contribution in [0.2, 0.25) is 0 Å². The molecule has 0 spiro atoms. The van der Waals surface area contributed by atoms with Gasteiger partial charge in [-0.15, -0.1) is 0 Å². The van der Waals surface area contributed by atoms with Crippen LogP contribution in [0.15, 0.2) is 28.7 Å². The summed E-state index contributed by atoms with van der Waals surface area (Å²) in [4.78, 5) is 23.1. The summed E-state index contributed by atoms with van der Waals surface area (Å²) in [5.74, 6) is -1.56.